The van der Waals surface area contributed by atoms with Crippen LogP contribution in [0.5, 0.6) is 0 Å². The average molecular weight is 581 g/mol. The number of anilines is 1. The molecule has 0 saturated carbocycles. The molecule has 8 heteroatoms. The molecule has 42 heavy (non-hydrogen) atoms. The van der Waals surface area contributed by atoms with Gasteiger partial charge in [0.25, 0.3) is 0 Å². The molecule has 2 unspecified atom stereocenters. The number of allylic oxidation sites excluding steroid dienone is 6. The Morgan fingerprint density at radius 3 is 2.26 bits per heavy atom. The molecule has 2 atom stereocenters. The van der Waals surface area contributed by atoms with E-state index in [0.717, 1.165) is 35.2 Å². The number of rotatable bonds is 11. The number of ether oxygens (including phenoxy) is 1. The summed E-state index contributed by atoms with van der Waals surface area (Å²) in [4.78, 5) is 24.8. The maximum absolute atomic E-state index is 12.4. The van der Waals surface area contributed by atoms with Gasteiger partial charge >= 0.3 is 6.09 Å². The van der Waals surface area contributed by atoms with Crippen molar-refractivity contribution in [3.8, 4) is 0 Å². The minimum absolute atomic E-state index is 0.183. The third-order valence-corrected chi connectivity index (χ3v) is 6.43. The number of halogens is 1. The van der Waals surface area contributed by atoms with Crippen LogP contribution in [0.4, 0.5) is 14.9 Å². The van der Waals surface area contributed by atoms with E-state index in [1.54, 1.807) is 29.2 Å². The number of nitroso groups, excluding NO2 is 1. The summed E-state index contributed by atoms with van der Waals surface area (Å²) in [5, 5.41) is 22.3. The SMILES string of the molecule is CC.CCC(O)c1ccc(F)cc1.CC\C=C(/C=C(C)/C(=C/C=C(\CO)C1COC(=O)N1c1ccccc1)CC)N=O. The van der Waals surface area contributed by atoms with E-state index in [4.69, 9.17) is 4.74 Å². The smallest absolute Gasteiger partial charge is 0.415 e. The Morgan fingerprint density at radius 1 is 1.10 bits per heavy atom. The zero-order valence-corrected chi connectivity index (χ0v) is 25.6. The van der Waals surface area contributed by atoms with Gasteiger partial charge in [0.05, 0.1) is 18.8 Å². The first-order chi connectivity index (χ1) is 20.3. The molecule has 0 radical (unpaired) electrons. The highest BCUT2D eigenvalue weighted by atomic mass is 19.1. The molecule has 0 aromatic heterocycles. The van der Waals surface area contributed by atoms with E-state index in [2.05, 4.69) is 5.18 Å². The molecule has 2 aromatic rings. The standard InChI is InChI=1S/C23H28N2O4.C9H11FO.C2H6/c1-4-9-20(24-28)14-17(3)18(5-2)12-13-19(15-26)22-16-29-23(27)25(22)21-10-7-6-8-11-21;1-2-9(11)7-3-5-8(10)6-4-7;1-2/h6-14,22,26H,4-5,15-16H2,1-3H3;3-6,9,11H,2H2,1H3;1-2H3/b17-14+,18-12+,19-13+,20-9+;;. The lowest BCUT2D eigenvalue weighted by Gasteiger charge is -2.23. The van der Waals surface area contributed by atoms with Crippen LogP contribution in [0.1, 0.15) is 72.5 Å². The molecule has 1 aliphatic rings. The zero-order chi connectivity index (χ0) is 31.5. The molecule has 228 valence electrons. The van der Waals surface area contributed by atoms with Gasteiger partial charge in [0.15, 0.2) is 0 Å². The minimum Gasteiger partial charge on any atom is -0.447 e. The fourth-order valence-electron chi connectivity index (χ4n) is 4.14. The fraction of sp³-hybridized carbons (Fsp3) is 0.382. The molecule has 2 N–H and O–H groups in total. The number of benzene rings is 2. The van der Waals surface area contributed by atoms with Crippen LogP contribution in [0.15, 0.2) is 106 Å². The van der Waals surface area contributed by atoms with Crippen molar-refractivity contribution in [3.63, 3.8) is 0 Å². The first kappa shape index (κ1) is 36.1. The molecule has 1 saturated heterocycles. The van der Waals surface area contributed by atoms with Crippen molar-refractivity contribution in [2.24, 2.45) is 5.18 Å². The van der Waals surface area contributed by atoms with E-state index < -0.39 is 12.2 Å². The lowest BCUT2D eigenvalue weighted by Crippen LogP contribution is -2.35. The second kappa shape index (κ2) is 20.1. The maximum atomic E-state index is 12.4. The molecule has 1 fully saturated rings. The monoisotopic (exact) mass is 580 g/mol. The van der Waals surface area contributed by atoms with Crippen LogP contribution in [0, 0.1) is 10.7 Å². The summed E-state index contributed by atoms with van der Waals surface area (Å²) in [6.45, 7) is 11.8. The molecule has 3 rings (SSSR count). The molecule has 2 aromatic carbocycles. The number of aliphatic hydroxyl groups excluding tert-OH is 2. The predicted octanol–water partition coefficient (Wildman–Crippen LogP) is 8.57. The number of hydrogen-bond donors (Lipinski definition) is 2. The van der Waals surface area contributed by atoms with Crippen molar-refractivity contribution < 1.29 is 24.1 Å². The largest absolute Gasteiger partial charge is 0.447 e. The van der Waals surface area contributed by atoms with Gasteiger partial charge in [-0.25, -0.2) is 9.18 Å². The van der Waals surface area contributed by atoms with Gasteiger partial charge in [0.2, 0.25) is 0 Å². The molecule has 7 nitrogen and oxygen atoms in total. The van der Waals surface area contributed by atoms with Crippen molar-refractivity contribution in [2.75, 3.05) is 18.1 Å². The van der Waals surface area contributed by atoms with E-state index in [1.165, 1.54) is 12.1 Å². The van der Waals surface area contributed by atoms with E-state index >= 15 is 0 Å². The van der Waals surface area contributed by atoms with Crippen molar-refractivity contribution in [1.82, 2.24) is 0 Å². The van der Waals surface area contributed by atoms with E-state index in [1.807, 2.05) is 84.0 Å². The first-order valence-electron chi connectivity index (χ1n) is 14.5. The Balaban J connectivity index is 0.000000564. The van der Waals surface area contributed by atoms with Crippen LogP contribution in [0.2, 0.25) is 0 Å². The molecule has 1 aliphatic heterocycles. The van der Waals surface area contributed by atoms with Gasteiger partial charge in [-0.3, -0.25) is 4.90 Å². The summed E-state index contributed by atoms with van der Waals surface area (Å²) >= 11 is 0. The van der Waals surface area contributed by atoms with Crippen molar-refractivity contribution >= 4 is 11.8 Å². The predicted molar refractivity (Wildman–Crippen MR) is 169 cm³/mol. The second-order valence-electron chi connectivity index (χ2n) is 9.17. The topological polar surface area (TPSA) is 99.4 Å². The van der Waals surface area contributed by atoms with Crippen molar-refractivity contribution in [3.05, 3.63) is 118 Å². The normalized spacial score (nSPS) is 16.5. The van der Waals surface area contributed by atoms with Gasteiger partial charge < -0.3 is 14.9 Å². The summed E-state index contributed by atoms with van der Waals surface area (Å²) in [6.07, 6.45) is 8.53. The van der Waals surface area contributed by atoms with Gasteiger partial charge in [-0.15, -0.1) is 4.91 Å². The minimum atomic E-state index is -0.462. The van der Waals surface area contributed by atoms with Gasteiger partial charge in [0, 0.05) is 5.69 Å². The van der Waals surface area contributed by atoms with E-state index in [-0.39, 0.29) is 25.1 Å². The third kappa shape index (κ3) is 11.2. The molecule has 1 amide bonds. The van der Waals surface area contributed by atoms with Crippen LogP contribution in [-0.4, -0.2) is 35.6 Å². The summed E-state index contributed by atoms with van der Waals surface area (Å²) in [7, 11) is 0. The number of amides is 1. The molecule has 0 spiro atoms. The number of hydrogen-bond acceptors (Lipinski definition) is 6. The van der Waals surface area contributed by atoms with Crippen LogP contribution in [-0.2, 0) is 4.74 Å². The third-order valence-electron chi connectivity index (χ3n) is 6.43. The Bertz CT molecular complexity index is 1220. The number of para-hydroxylation sites is 1. The quantitative estimate of drug-likeness (QED) is 0.205. The summed E-state index contributed by atoms with van der Waals surface area (Å²) < 4.78 is 17.6. The summed E-state index contributed by atoms with van der Waals surface area (Å²) in [6, 6.07) is 14.8. The van der Waals surface area contributed by atoms with Crippen LogP contribution >= 0.6 is 0 Å². The van der Waals surface area contributed by atoms with Gasteiger partial charge in [-0.1, -0.05) is 83.2 Å². The number of nitrogens with zero attached hydrogens (tertiary/aromatic N) is 2. The lowest BCUT2D eigenvalue weighted by molar-refractivity contribution is 0.173. The highest BCUT2D eigenvalue weighted by Crippen LogP contribution is 2.27. The van der Waals surface area contributed by atoms with Gasteiger partial charge in [-0.05, 0) is 84.0 Å². The van der Waals surface area contributed by atoms with E-state index in [9.17, 15) is 24.3 Å². The highest BCUT2D eigenvalue weighted by Gasteiger charge is 2.36. The fourth-order valence-corrected chi connectivity index (χ4v) is 4.14. The van der Waals surface area contributed by atoms with Gasteiger partial charge in [-0.2, -0.15) is 0 Å². The molecule has 1 heterocycles. The molecular formula is C34H45FN2O5. The molecule has 0 bridgehead atoms. The number of cyclic esters (lactones) is 1. The molecule has 0 aliphatic carbocycles. The lowest BCUT2D eigenvalue weighted by atomic mass is 10.0. The van der Waals surface area contributed by atoms with Crippen LogP contribution in [0.25, 0.3) is 0 Å². The summed E-state index contributed by atoms with van der Waals surface area (Å²) in [5.41, 5.74) is 4.52. The van der Waals surface area contributed by atoms with Crippen molar-refractivity contribution in [1.29, 1.82) is 0 Å². The maximum Gasteiger partial charge on any atom is 0.415 e. The Labute approximate surface area is 249 Å². The second-order valence-corrected chi connectivity index (χ2v) is 9.17. The summed E-state index contributed by atoms with van der Waals surface area (Å²) in [5.74, 6) is -0.267. The average Bonchev–Trinajstić information content (AvgIpc) is 3.41. The van der Waals surface area contributed by atoms with Crippen molar-refractivity contribution in [2.45, 2.75) is 73.0 Å². The number of aliphatic hydroxyl groups is 2. The first-order valence-corrected chi connectivity index (χ1v) is 14.5. The zero-order valence-electron chi connectivity index (χ0n) is 25.6. The van der Waals surface area contributed by atoms with E-state index in [0.29, 0.717) is 17.7 Å². The number of carbonyl (C=O) groups excluding carboxylic acids is 1. The Hall–Kier alpha value is -3.88. The van der Waals surface area contributed by atoms with Crippen LogP contribution < -0.4 is 4.90 Å². The molecular weight excluding hydrogens is 535 g/mol. The Morgan fingerprint density at radius 2 is 1.74 bits per heavy atom. The Kier molecular flexibility index (Phi) is 17.3. The number of carbonyl (C=O) groups is 1. The highest BCUT2D eigenvalue weighted by molar-refractivity contribution is 5.91. The van der Waals surface area contributed by atoms with Gasteiger partial charge in [0.1, 0.15) is 18.1 Å². The van der Waals surface area contributed by atoms with Crippen LogP contribution in [0.3, 0.4) is 0 Å².